The number of Topliss-reactive ketones (excluding diaryl/α,β-unsaturated/α-hetero) is 1. The highest BCUT2D eigenvalue weighted by atomic mass is 79.9. The van der Waals surface area contributed by atoms with E-state index < -0.39 is 0 Å². The molecule has 1 aromatic carbocycles. The van der Waals surface area contributed by atoms with Gasteiger partial charge in [0.05, 0.1) is 6.04 Å². The zero-order chi connectivity index (χ0) is 14.0. The van der Waals surface area contributed by atoms with Gasteiger partial charge in [-0.05, 0) is 19.1 Å². The van der Waals surface area contributed by atoms with Crippen molar-refractivity contribution in [3.63, 3.8) is 0 Å². The van der Waals surface area contributed by atoms with E-state index in [-0.39, 0.29) is 11.8 Å². The minimum absolute atomic E-state index is 0.0352. The van der Waals surface area contributed by atoms with Crippen LogP contribution in [0.2, 0.25) is 0 Å². The first-order valence-electron chi connectivity index (χ1n) is 6.66. The zero-order valence-electron chi connectivity index (χ0n) is 11.6. The summed E-state index contributed by atoms with van der Waals surface area (Å²) in [5.74, 6) is 0.221. The molecule has 1 aromatic rings. The van der Waals surface area contributed by atoms with Crippen LogP contribution in [0.15, 0.2) is 28.7 Å². The average Bonchev–Trinajstić information content (AvgIpc) is 2.37. The molecule has 0 bridgehead atoms. The molecule has 1 aliphatic heterocycles. The SMILES string of the molecule is CC1CN(C(C)C(=O)c2ccc(Br)cc2)CC(C)S1. The fourth-order valence-electron chi connectivity index (χ4n) is 2.56. The van der Waals surface area contributed by atoms with E-state index in [0.717, 1.165) is 23.1 Å². The first-order valence-corrected chi connectivity index (χ1v) is 8.40. The van der Waals surface area contributed by atoms with Crippen molar-refractivity contribution >= 4 is 33.5 Å². The maximum atomic E-state index is 12.5. The Morgan fingerprint density at radius 2 is 1.79 bits per heavy atom. The molecule has 104 valence electrons. The quantitative estimate of drug-likeness (QED) is 0.779. The van der Waals surface area contributed by atoms with Crippen molar-refractivity contribution in [3.8, 4) is 0 Å². The summed E-state index contributed by atoms with van der Waals surface area (Å²) in [4.78, 5) is 14.8. The van der Waals surface area contributed by atoms with Gasteiger partial charge in [-0.15, -0.1) is 0 Å². The van der Waals surface area contributed by atoms with Gasteiger partial charge in [-0.25, -0.2) is 0 Å². The number of benzene rings is 1. The third-order valence-electron chi connectivity index (χ3n) is 3.50. The third kappa shape index (κ3) is 3.83. The van der Waals surface area contributed by atoms with Gasteiger partial charge in [0.15, 0.2) is 5.78 Å². The van der Waals surface area contributed by atoms with E-state index in [4.69, 9.17) is 0 Å². The van der Waals surface area contributed by atoms with E-state index in [2.05, 4.69) is 34.7 Å². The molecule has 3 atom stereocenters. The number of ketones is 1. The lowest BCUT2D eigenvalue weighted by atomic mass is 10.0. The summed E-state index contributed by atoms with van der Waals surface area (Å²) in [6.45, 7) is 8.50. The molecule has 0 spiro atoms. The molecule has 1 saturated heterocycles. The predicted molar refractivity (Wildman–Crippen MR) is 86.0 cm³/mol. The highest BCUT2D eigenvalue weighted by Crippen LogP contribution is 2.26. The molecule has 19 heavy (non-hydrogen) atoms. The number of carbonyl (C=O) groups is 1. The van der Waals surface area contributed by atoms with Crippen LogP contribution in [0.1, 0.15) is 31.1 Å². The van der Waals surface area contributed by atoms with Crippen LogP contribution in [0.3, 0.4) is 0 Å². The Balaban J connectivity index is 2.08. The lowest BCUT2D eigenvalue weighted by Crippen LogP contribution is -2.48. The van der Waals surface area contributed by atoms with E-state index in [9.17, 15) is 4.79 Å². The summed E-state index contributed by atoms with van der Waals surface area (Å²) in [6, 6.07) is 7.62. The summed E-state index contributed by atoms with van der Waals surface area (Å²) in [6.07, 6.45) is 0. The summed E-state index contributed by atoms with van der Waals surface area (Å²) < 4.78 is 1.01. The van der Waals surface area contributed by atoms with Crippen molar-refractivity contribution in [1.29, 1.82) is 0 Å². The molecule has 2 rings (SSSR count). The number of hydrogen-bond donors (Lipinski definition) is 0. The number of nitrogens with zero attached hydrogens (tertiary/aromatic N) is 1. The smallest absolute Gasteiger partial charge is 0.179 e. The van der Waals surface area contributed by atoms with Crippen LogP contribution in [0, 0.1) is 0 Å². The van der Waals surface area contributed by atoms with Crippen LogP contribution in [0.4, 0.5) is 0 Å². The summed E-state index contributed by atoms with van der Waals surface area (Å²) >= 11 is 5.41. The molecule has 1 heterocycles. The monoisotopic (exact) mass is 341 g/mol. The Morgan fingerprint density at radius 3 is 2.32 bits per heavy atom. The maximum absolute atomic E-state index is 12.5. The van der Waals surface area contributed by atoms with Crippen molar-refractivity contribution < 1.29 is 4.79 Å². The van der Waals surface area contributed by atoms with E-state index in [1.54, 1.807) is 0 Å². The molecular weight excluding hydrogens is 322 g/mol. The second-order valence-electron chi connectivity index (χ2n) is 5.26. The largest absolute Gasteiger partial charge is 0.292 e. The Hall–Kier alpha value is -0.320. The van der Waals surface area contributed by atoms with Crippen molar-refractivity contribution in [2.45, 2.75) is 37.3 Å². The van der Waals surface area contributed by atoms with Crippen LogP contribution in [0.5, 0.6) is 0 Å². The number of thioether (sulfide) groups is 1. The third-order valence-corrected chi connectivity index (χ3v) is 5.26. The van der Waals surface area contributed by atoms with Crippen molar-refractivity contribution in [1.82, 2.24) is 4.90 Å². The van der Waals surface area contributed by atoms with Gasteiger partial charge in [0.1, 0.15) is 0 Å². The van der Waals surface area contributed by atoms with Gasteiger partial charge in [0.2, 0.25) is 0 Å². The lowest BCUT2D eigenvalue weighted by Gasteiger charge is -2.37. The number of rotatable bonds is 3. The van der Waals surface area contributed by atoms with Crippen molar-refractivity contribution in [2.75, 3.05) is 13.1 Å². The van der Waals surface area contributed by atoms with Crippen molar-refractivity contribution in [2.24, 2.45) is 0 Å². The Kier molecular flexibility index (Phi) is 5.09. The molecule has 1 fully saturated rings. The van der Waals surface area contributed by atoms with Crippen LogP contribution in [-0.4, -0.2) is 40.3 Å². The average molecular weight is 342 g/mol. The van der Waals surface area contributed by atoms with E-state index in [1.807, 2.05) is 43.0 Å². The van der Waals surface area contributed by atoms with Gasteiger partial charge in [-0.2, -0.15) is 11.8 Å². The van der Waals surface area contributed by atoms with E-state index in [0.29, 0.717) is 10.5 Å². The van der Waals surface area contributed by atoms with Gasteiger partial charge >= 0.3 is 0 Å². The lowest BCUT2D eigenvalue weighted by molar-refractivity contribution is 0.0836. The first-order chi connectivity index (χ1) is 8.97. The topological polar surface area (TPSA) is 20.3 Å². The first kappa shape index (κ1) is 15.1. The van der Waals surface area contributed by atoms with Gasteiger partial charge in [0.25, 0.3) is 0 Å². The molecule has 0 N–H and O–H groups in total. The molecule has 0 amide bonds. The summed E-state index contributed by atoms with van der Waals surface area (Å²) in [5, 5.41) is 1.20. The highest BCUT2D eigenvalue weighted by molar-refractivity contribution is 9.10. The maximum Gasteiger partial charge on any atom is 0.179 e. The number of hydrogen-bond acceptors (Lipinski definition) is 3. The van der Waals surface area contributed by atoms with Gasteiger partial charge in [0, 0.05) is 33.6 Å². The predicted octanol–water partition coefficient (Wildman–Crippen LogP) is 3.85. The van der Waals surface area contributed by atoms with E-state index in [1.165, 1.54) is 0 Å². The standard InChI is InChI=1S/C15H20BrNOS/c1-10-8-17(9-11(2)19-10)12(3)15(18)13-4-6-14(16)7-5-13/h4-7,10-12H,8-9H2,1-3H3. The van der Waals surface area contributed by atoms with Crippen molar-refractivity contribution in [3.05, 3.63) is 34.3 Å². The van der Waals surface area contributed by atoms with Crippen LogP contribution < -0.4 is 0 Å². The molecule has 0 aromatic heterocycles. The second-order valence-corrected chi connectivity index (χ2v) is 8.06. The molecule has 0 saturated carbocycles. The summed E-state index contributed by atoms with van der Waals surface area (Å²) in [7, 11) is 0. The zero-order valence-corrected chi connectivity index (χ0v) is 14.0. The number of halogens is 1. The fraction of sp³-hybridized carbons (Fsp3) is 0.533. The minimum Gasteiger partial charge on any atom is -0.292 e. The Labute approximate surface area is 128 Å². The molecule has 4 heteroatoms. The van der Waals surface area contributed by atoms with Crippen LogP contribution >= 0.6 is 27.7 Å². The minimum atomic E-state index is -0.0352. The highest BCUT2D eigenvalue weighted by Gasteiger charge is 2.29. The van der Waals surface area contributed by atoms with Gasteiger partial charge in [-0.3, -0.25) is 9.69 Å². The second kappa shape index (κ2) is 6.42. The van der Waals surface area contributed by atoms with Crippen LogP contribution in [-0.2, 0) is 0 Å². The molecular formula is C15H20BrNOS. The van der Waals surface area contributed by atoms with Gasteiger partial charge in [-0.1, -0.05) is 41.9 Å². The molecule has 3 unspecified atom stereocenters. The molecule has 2 nitrogen and oxygen atoms in total. The van der Waals surface area contributed by atoms with E-state index >= 15 is 0 Å². The molecule has 1 aliphatic rings. The number of carbonyl (C=O) groups excluding carboxylic acids is 1. The fourth-order valence-corrected chi connectivity index (χ4v) is 4.17. The van der Waals surface area contributed by atoms with Crippen LogP contribution in [0.25, 0.3) is 0 Å². The van der Waals surface area contributed by atoms with Gasteiger partial charge < -0.3 is 0 Å². The Morgan fingerprint density at radius 1 is 1.26 bits per heavy atom. The molecule has 0 aliphatic carbocycles. The Bertz CT molecular complexity index is 438. The molecule has 0 radical (unpaired) electrons. The summed E-state index contributed by atoms with van der Waals surface area (Å²) in [5.41, 5.74) is 0.800. The normalized spacial score (nSPS) is 26.1.